The third-order valence-corrected chi connectivity index (χ3v) is 4.37. The van der Waals surface area contributed by atoms with Crippen LogP contribution >= 0.6 is 0 Å². The number of aryl methyl sites for hydroxylation is 1. The first-order valence-electron chi connectivity index (χ1n) is 8.36. The lowest BCUT2D eigenvalue weighted by Crippen LogP contribution is -2.38. The van der Waals surface area contributed by atoms with Crippen molar-refractivity contribution in [3.63, 3.8) is 0 Å². The van der Waals surface area contributed by atoms with Crippen molar-refractivity contribution >= 4 is 22.9 Å². The Morgan fingerprint density at radius 2 is 1.85 bits per heavy atom. The summed E-state index contributed by atoms with van der Waals surface area (Å²) in [6.07, 6.45) is 0. The molecule has 3 rings (SSSR count). The van der Waals surface area contributed by atoms with Gasteiger partial charge in [0.1, 0.15) is 5.82 Å². The van der Waals surface area contributed by atoms with Crippen molar-refractivity contribution in [2.24, 2.45) is 5.41 Å². The Labute approximate surface area is 151 Å². The molecule has 0 aliphatic heterocycles. The van der Waals surface area contributed by atoms with Gasteiger partial charge in [-0.05, 0) is 51.1 Å². The van der Waals surface area contributed by atoms with E-state index in [9.17, 15) is 9.59 Å². The number of nitrogens with one attached hydrogen (secondary N) is 1. The van der Waals surface area contributed by atoms with E-state index in [0.29, 0.717) is 5.56 Å². The summed E-state index contributed by atoms with van der Waals surface area (Å²) in [6.45, 7) is 5.12. The van der Waals surface area contributed by atoms with Gasteiger partial charge in [0, 0.05) is 17.8 Å². The zero-order valence-electron chi connectivity index (χ0n) is 15.0. The average Bonchev–Trinajstić information content (AvgIpc) is 2.95. The average molecular weight is 351 g/mol. The van der Waals surface area contributed by atoms with E-state index in [1.165, 1.54) is 0 Å². The Morgan fingerprint density at radius 1 is 1.15 bits per heavy atom. The van der Waals surface area contributed by atoms with Gasteiger partial charge in [-0.3, -0.25) is 14.2 Å². The van der Waals surface area contributed by atoms with Crippen molar-refractivity contribution in [3.8, 4) is 5.69 Å². The normalized spacial score (nSPS) is 11.5. The van der Waals surface area contributed by atoms with Crippen molar-refractivity contribution < 1.29 is 14.7 Å². The Morgan fingerprint density at radius 3 is 2.50 bits per heavy atom. The Hall–Kier alpha value is -3.15. The summed E-state index contributed by atoms with van der Waals surface area (Å²) in [5.74, 6) is -0.436. The number of carbonyl (C=O) groups excluding carboxylic acids is 1. The minimum atomic E-state index is -1.02. The fourth-order valence-electron chi connectivity index (χ4n) is 2.72. The van der Waals surface area contributed by atoms with Crippen LogP contribution < -0.4 is 5.32 Å². The lowest BCUT2D eigenvalue weighted by Gasteiger charge is -2.19. The van der Waals surface area contributed by atoms with E-state index in [0.717, 1.165) is 22.5 Å². The van der Waals surface area contributed by atoms with Crippen molar-refractivity contribution in [1.29, 1.82) is 0 Å². The molecule has 26 heavy (non-hydrogen) atoms. The van der Waals surface area contributed by atoms with Gasteiger partial charge >= 0.3 is 5.97 Å². The van der Waals surface area contributed by atoms with Gasteiger partial charge in [-0.15, -0.1) is 0 Å². The maximum absolute atomic E-state index is 12.4. The van der Waals surface area contributed by atoms with Crippen LogP contribution in [0.3, 0.4) is 0 Å². The second-order valence-electron chi connectivity index (χ2n) is 6.91. The maximum atomic E-state index is 12.4. The van der Waals surface area contributed by atoms with E-state index in [2.05, 4.69) is 10.3 Å². The van der Waals surface area contributed by atoms with E-state index in [1.54, 1.807) is 26.0 Å². The molecule has 1 heterocycles. The van der Waals surface area contributed by atoms with Crippen LogP contribution in [-0.4, -0.2) is 33.1 Å². The van der Waals surface area contributed by atoms with Crippen LogP contribution in [0.4, 0.5) is 0 Å². The standard InChI is InChI=1S/C20H21N3O3/c1-13-22-16-11-14(18(24)21-12-20(2,3)19(25)26)9-10-17(16)23(13)15-7-5-4-6-8-15/h4-11H,12H2,1-3H3,(H,21,24)(H,25,26). The maximum Gasteiger partial charge on any atom is 0.310 e. The number of carboxylic acid groups (broad SMARTS) is 1. The van der Waals surface area contributed by atoms with Gasteiger partial charge in [-0.25, -0.2) is 4.98 Å². The number of aliphatic carboxylic acids is 1. The van der Waals surface area contributed by atoms with Gasteiger partial charge in [0.15, 0.2) is 0 Å². The minimum Gasteiger partial charge on any atom is -0.481 e. The molecule has 2 N–H and O–H groups in total. The van der Waals surface area contributed by atoms with Crippen LogP contribution in [0.5, 0.6) is 0 Å². The van der Waals surface area contributed by atoms with Crippen molar-refractivity contribution in [3.05, 3.63) is 59.9 Å². The largest absolute Gasteiger partial charge is 0.481 e. The molecule has 2 aromatic carbocycles. The lowest BCUT2D eigenvalue weighted by molar-refractivity contribution is -0.146. The number of hydrogen-bond acceptors (Lipinski definition) is 3. The molecule has 134 valence electrons. The minimum absolute atomic E-state index is 0.0523. The molecule has 3 aromatic rings. The fourth-order valence-corrected chi connectivity index (χ4v) is 2.72. The number of amides is 1. The molecule has 0 saturated heterocycles. The van der Waals surface area contributed by atoms with E-state index in [1.807, 2.05) is 47.9 Å². The zero-order valence-corrected chi connectivity index (χ0v) is 15.0. The number of para-hydroxylation sites is 1. The number of rotatable bonds is 5. The van der Waals surface area contributed by atoms with E-state index in [-0.39, 0.29) is 12.5 Å². The number of fused-ring (bicyclic) bond motifs is 1. The summed E-state index contributed by atoms with van der Waals surface area (Å²) in [5, 5.41) is 11.8. The summed E-state index contributed by atoms with van der Waals surface area (Å²) in [5.41, 5.74) is 2.07. The number of imidazole rings is 1. The number of carbonyl (C=O) groups is 2. The van der Waals surface area contributed by atoms with E-state index >= 15 is 0 Å². The number of benzene rings is 2. The summed E-state index contributed by atoms with van der Waals surface area (Å²) >= 11 is 0. The topological polar surface area (TPSA) is 84.2 Å². The smallest absolute Gasteiger partial charge is 0.310 e. The second kappa shape index (κ2) is 6.63. The van der Waals surface area contributed by atoms with Gasteiger partial charge in [0.25, 0.3) is 5.91 Å². The van der Waals surface area contributed by atoms with E-state index in [4.69, 9.17) is 5.11 Å². The van der Waals surface area contributed by atoms with Crippen molar-refractivity contribution in [2.45, 2.75) is 20.8 Å². The number of nitrogens with zero attached hydrogens (tertiary/aromatic N) is 2. The molecule has 0 saturated carbocycles. The van der Waals surface area contributed by atoms with Gasteiger partial charge in [0.05, 0.1) is 16.4 Å². The fraction of sp³-hybridized carbons (Fsp3) is 0.250. The van der Waals surface area contributed by atoms with Gasteiger partial charge in [0.2, 0.25) is 0 Å². The van der Waals surface area contributed by atoms with Gasteiger partial charge < -0.3 is 10.4 Å². The highest BCUT2D eigenvalue weighted by Crippen LogP contribution is 2.22. The molecule has 1 aromatic heterocycles. The summed E-state index contributed by atoms with van der Waals surface area (Å²) < 4.78 is 2.03. The molecular weight excluding hydrogens is 330 g/mol. The van der Waals surface area contributed by atoms with Crippen molar-refractivity contribution in [2.75, 3.05) is 6.54 Å². The number of hydrogen-bond donors (Lipinski definition) is 2. The first-order chi connectivity index (χ1) is 12.3. The van der Waals surface area contributed by atoms with Gasteiger partial charge in [-0.2, -0.15) is 0 Å². The zero-order chi connectivity index (χ0) is 18.9. The predicted octanol–water partition coefficient (Wildman–Crippen LogP) is 3.17. The highest BCUT2D eigenvalue weighted by molar-refractivity contribution is 5.98. The molecule has 0 fully saturated rings. The summed E-state index contributed by atoms with van der Waals surface area (Å²) in [4.78, 5) is 28.1. The molecule has 0 atom stereocenters. The lowest BCUT2D eigenvalue weighted by atomic mass is 9.94. The van der Waals surface area contributed by atoms with Crippen LogP contribution in [0.2, 0.25) is 0 Å². The third kappa shape index (κ3) is 3.31. The summed E-state index contributed by atoms with van der Waals surface area (Å²) in [6, 6.07) is 15.2. The molecule has 0 unspecified atom stereocenters. The number of aromatic nitrogens is 2. The van der Waals surface area contributed by atoms with Gasteiger partial charge in [-0.1, -0.05) is 18.2 Å². The second-order valence-corrected chi connectivity index (χ2v) is 6.91. The predicted molar refractivity (Wildman–Crippen MR) is 99.6 cm³/mol. The SMILES string of the molecule is Cc1nc2cc(C(=O)NCC(C)(C)C(=O)O)ccc2n1-c1ccccc1. The first-order valence-corrected chi connectivity index (χ1v) is 8.36. The molecular formula is C20H21N3O3. The molecule has 6 heteroatoms. The highest BCUT2D eigenvalue weighted by Gasteiger charge is 2.27. The molecule has 0 bridgehead atoms. The van der Waals surface area contributed by atoms with Crippen LogP contribution in [0, 0.1) is 12.3 Å². The monoisotopic (exact) mass is 351 g/mol. The highest BCUT2D eigenvalue weighted by atomic mass is 16.4. The summed E-state index contributed by atoms with van der Waals surface area (Å²) in [7, 11) is 0. The van der Waals surface area contributed by atoms with Crippen LogP contribution in [0.15, 0.2) is 48.5 Å². The number of carboxylic acids is 1. The Kier molecular flexibility index (Phi) is 4.50. The van der Waals surface area contributed by atoms with E-state index < -0.39 is 11.4 Å². The molecule has 1 amide bonds. The first kappa shape index (κ1) is 17.7. The molecule has 0 spiro atoms. The van der Waals surface area contributed by atoms with Crippen LogP contribution in [-0.2, 0) is 4.79 Å². The third-order valence-electron chi connectivity index (χ3n) is 4.37. The molecule has 6 nitrogen and oxygen atoms in total. The van der Waals surface area contributed by atoms with Crippen LogP contribution in [0.25, 0.3) is 16.7 Å². The Balaban J connectivity index is 1.89. The molecule has 0 radical (unpaired) electrons. The molecule has 0 aliphatic carbocycles. The quantitative estimate of drug-likeness (QED) is 0.739. The molecule has 0 aliphatic rings. The van der Waals surface area contributed by atoms with Crippen molar-refractivity contribution in [1.82, 2.24) is 14.9 Å². The van der Waals surface area contributed by atoms with Crippen LogP contribution in [0.1, 0.15) is 30.0 Å². The Bertz CT molecular complexity index is 975.